The number of aliphatic hydroxyl groups is 1. The largest absolute Gasteiger partial charge is 0.543 e. The van der Waals surface area contributed by atoms with Crippen molar-refractivity contribution in [2.75, 3.05) is 73.2 Å². The number of esters is 1. The quantitative estimate of drug-likeness (QED) is 0.0187. The second-order valence-corrected chi connectivity index (χ2v) is 26.9. The average molecular weight is 1200 g/mol. The minimum atomic E-state index is -2.38. The lowest BCUT2D eigenvalue weighted by atomic mass is 9.92. The lowest BCUT2D eigenvalue weighted by Gasteiger charge is -2.36. The number of thiophene rings is 1. The third-order valence-electron chi connectivity index (χ3n) is 13.6. The van der Waals surface area contributed by atoms with Crippen LogP contribution in [0.2, 0.25) is 28.2 Å². The Morgan fingerprint density at radius 3 is 2.24 bits per heavy atom. The summed E-state index contributed by atoms with van der Waals surface area (Å²) in [5.74, 6) is 1.17. The third kappa shape index (κ3) is 16.1. The highest BCUT2D eigenvalue weighted by Crippen LogP contribution is 2.53. The van der Waals surface area contributed by atoms with Gasteiger partial charge in [0.1, 0.15) is 53.5 Å². The number of carbonyl (C=O) groups is 1. The van der Waals surface area contributed by atoms with Gasteiger partial charge in [0.25, 0.3) is 0 Å². The molecule has 21 heteroatoms. The zero-order valence-corrected chi connectivity index (χ0v) is 51.1. The van der Waals surface area contributed by atoms with Gasteiger partial charge in [0.05, 0.1) is 86.2 Å². The molecule has 82 heavy (non-hydrogen) atoms. The zero-order valence-electron chi connectivity index (χ0n) is 47.8. The Morgan fingerprint density at radius 1 is 0.854 bits per heavy atom. The number of ether oxygens (including phenoxy) is 9. The molecule has 0 saturated carbocycles. The van der Waals surface area contributed by atoms with Gasteiger partial charge in [-0.25, -0.2) is 29.1 Å². The number of halogens is 3. The smallest absolute Gasteiger partial charge is 0.347 e. The molecule has 0 aliphatic heterocycles. The van der Waals surface area contributed by atoms with E-state index in [9.17, 15) is 14.3 Å². The molecule has 0 fully saturated rings. The standard InChI is InChI=1S/C61H71Cl2FN4O12SSi/c1-11-25-74-36-45(34-69)78-55-53(62)38(3)50(39(4)54(55)63)51-52-58(66-37-67-59(52)81-56(51)40-17-19-42(64)20-18-40)79-49(60(70)75-12-2)33-41-32-44(80-82(9,10)61(5,6)7)21-22-47(41)77-35-43-23-24-65-57(68-43)46-15-13-14-16-48(46)76-31-30-73-29-28-72-27-26-71-8/h11,13-24,32,37,45,49,69H,1,12,25-31,33-36H2,2-10H3/t45-,49+/m0/s1. The van der Waals surface area contributed by atoms with Crippen LogP contribution in [0.1, 0.15) is 50.1 Å². The fourth-order valence-electron chi connectivity index (χ4n) is 8.35. The Morgan fingerprint density at radius 2 is 1.56 bits per heavy atom. The van der Waals surface area contributed by atoms with E-state index in [4.69, 9.17) is 85.2 Å². The van der Waals surface area contributed by atoms with Crippen LogP contribution in [0.4, 0.5) is 4.39 Å². The predicted octanol–water partition coefficient (Wildman–Crippen LogP) is 13.1. The topological polar surface area (TPSA) is 181 Å². The van der Waals surface area contributed by atoms with Crippen LogP contribution in [-0.4, -0.2) is 125 Å². The zero-order chi connectivity index (χ0) is 59.0. The highest BCUT2D eigenvalue weighted by atomic mass is 35.5. The van der Waals surface area contributed by atoms with Crippen molar-refractivity contribution in [3.05, 3.63) is 136 Å². The molecule has 438 valence electrons. The van der Waals surface area contributed by atoms with Crippen LogP contribution in [0.5, 0.6) is 28.9 Å². The maximum atomic E-state index is 14.6. The van der Waals surface area contributed by atoms with Crippen molar-refractivity contribution < 1.29 is 61.3 Å². The SMILES string of the molecule is C=CCOC[C@H](CO)Oc1c(Cl)c(C)c(-c2c(-c3ccc(F)cc3)sc3ncnc(O[C@H](Cc4cc(O[Si](C)(C)C(C)(C)C)ccc4OCc4ccnc(-c5ccccc5OCCOCCOCCOC)n4)C(=O)OCC)c23)c(C)c1Cl. The lowest BCUT2D eigenvalue weighted by Crippen LogP contribution is -2.43. The number of rotatable bonds is 31. The summed E-state index contributed by atoms with van der Waals surface area (Å²) in [5.41, 5.74) is 4.78. The van der Waals surface area contributed by atoms with Crippen molar-refractivity contribution in [2.24, 2.45) is 0 Å². The van der Waals surface area contributed by atoms with Crippen molar-refractivity contribution in [2.45, 2.75) is 84.9 Å². The van der Waals surface area contributed by atoms with E-state index in [0.717, 1.165) is 0 Å². The number of hydrogen-bond donors (Lipinski definition) is 1. The molecule has 0 bridgehead atoms. The van der Waals surface area contributed by atoms with Gasteiger partial charge in [-0.1, -0.05) is 74.3 Å². The molecule has 7 aromatic rings. The van der Waals surface area contributed by atoms with Crippen molar-refractivity contribution in [3.63, 3.8) is 0 Å². The molecular formula is C61H71Cl2FN4O12SSi. The van der Waals surface area contributed by atoms with Gasteiger partial charge in [-0.05, 0) is 110 Å². The second kappa shape index (κ2) is 29.8. The van der Waals surface area contributed by atoms with E-state index in [1.54, 1.807) is 44.5 Å². The van der Waals surface area contributed by atoms with Crippen molar-refractivity contribution in [3.8, 4) is 61.8 Å². The van der Waals surface area contributed by atoms with Crippen LogP contribution in [0.15, 0.2) is 98.0 Å². The molecule has 4 aromatic carbocycles. The maximum absolute atomic E-state index is 14.6. The number of aliphatic hydroxyl groups excluding tert-OH is 1. The lowest BCUT2D eigenvalue weighted by molar-refractivity contribution is -0.151. The van der Waals surface area contributed by atoms with Crippen LogP contribution in [-0.2, 0) is 41.5 Å². The van der Waals surface area contributed by atoms with Gasteiger partial charge in [-0.15, -0.1) is 17.9 Å². The summed E-state index contributed by atoms with van der Waals surface area (Å²) < 4.78 is 74.7. The number of para-hydroxylation sites is 1. The van der Waals surface area contributed by atoms with Gasteiger partial charge in [-0.2, -0.15) is 0 Å². The molecule has 0 saturated heterocycles. The van der Waals surface area contributed by atoms with Gasteiger partial charge < -0.3 is 52.2 Å². The summed E-state index contributed by atoms with van der Waals surface area (Å²) in [7, 11) is -0.756. The summed E-state index contributed by atoms with van der Waals surface area (Å²) in [5, 5.41) is 10.9. The van der Waals surface area contributed by atoms with E-state index in [1.165, 1.54) is 29.8 Å². The van der Waals surface area contributed by atoms with Crippen LogP contribution >= 0.6 is 34.5 Å². The monoisotopic (exact) mass is 1200 g/mol. The number of fused-ring (bicyclic) bond motifs is 1. The Labute approximate surface area is 493 Å². The summed E-state index contributed by atoms with van der Waals surface area (Å²) in [4.78, 5) is 34.4. The van der Waals surface area contributed by atoms with E-state index in [-0.39, 0.29) is 66.2 Å². The Bertz CT molecular complexity index is 3240. The van der Waals surface area contributed by atoms with Crippen molar-refractivity contribution in [1.29, 1.82) is 0 Å². The molecule has 0 aliphatic rings. The molecule has 3 heterocycles. The molecule has 0 radical (unpaired) electrons. The molecule has 7 rings (SSSR count). The van der Waals surface area contributed by atoms with E-state index in [0.29, 0.717) is 122 Å². The molecule has 16 nitrogen and oxygen atoms in total. The minimum absolute atomic E-state index is 0.0214. The molecule has 0 spiro atoms. The highest BCUT2D eigenvalue weighted by Gasteiger charge is 2.39. The number of carbonyl (C=O) groups excluding carboxylic acids is 1. The first-order chi connectivity index (χ1) is 39.4. The first kappa shape index (κ1) is 63.3. The predicted molar refractivity (Wildman–Crippen MR) is 320 cm³/mol. The van der Waals surface area contributed by atoms with Gasteiger partial charge in [0, 0.05) is 35.7 Å². The summed E-state index contributed by atoms with van der Waals surface area (Å²) in [6.07, 6.45) is 2.44. The van der Waals surface area contributed by atoms with E-state index in [1.807, 2.05) is 56.3 Å². The highest BCUT2D eigenvalue weighted by molar-refractivity contribution is 7.22. The number of nitrogens with zero attached hydrogens (tertiary/aromatic N) is 4. The van der Waals surface area contributed by atoms with Crippen molar-refractivity contribution in [1.82, 2.24) is 19.9 Å². The number of benzene rings is 4. The number of methoxy groups -OCH3 is 1. The normalized spacial score (nSPS) is 12.5. The summed E-state index contributed by atoms with van der Waals surface area (Å²) in [6, 6.07) is 20.9. The number of aromatic nitrogens is 4. The molecule has 0 aliphatic carbocycles. The summed E-state index contributed by atoms with van der Waals surface area (Å²) >= 11 is 15.7. The van der Waals surface area contributed by atoms with Gasteiger partial charge in [-0.3, -0.25) is 0 Å². The van der Waals surface area contributed by atoms with Crippen LogP contribution < -0.4 is 23.4 Å². The third-order valence-corrected chi connectivity index (χ3v) is 20.0. The van der Waals surface area contributed by atoms with Crippen LogP contribution in [0.25, 0.3) is 43.2 Å². The minimum Gasteiger partial charge on any atom is -0.543 e. The van der Waals surface area contributed by atoms with Crippen LogP contribution in [0, 0.1) is 19.7 Å². The molecule has 0 amide bonds. The van der Waals surface area contributed by atoms with E-state index < -0.39 is 32.3 Å². The van der Waals surface area contributed by atoms with Gasteiger partial charge >= 0.3 is 5.97 Å². The first-order valence-electron chi connectivity index (χ1n) is 26.8. The first-order valence-corrected chi connectivity index (χ1v) is 31.3. The van der Waals surface area contributed by atoms with E-state index >= 15 is 0 Å². The second-order valence-electron chi connectivity index (χ2n) is 20.4. The summed E-state index contributed by atoms with van der Waals surface area (Å²) in [6.45, 7) is 22.4. The van der Waals surface area contributed by atoms with Gasteiger partial charge in [0.2, 0.25) is 20.3 Å². The Hall–Kier alpha value is -6.26. The molecule has 0 unspecified atom stereocenters. The molecule has 2 atom stereocenters. The van der Waals surface area contributed by atoms with Crippen LogP contribution in [0.3, 0.4) is 0 Å². The maximum Gasteiger partial charge on any atom is 0.347 e. The fourth-order valence-corrected chi connectivity index (χ4v) is 11.0. The molecular weight excluding hydrogens is 1130 g/mol. The van der Waals surface area contributed by atoms with Crippen molar-refractivity contribution >= 4 is 59.0 Å². The Balaban J connectivity index is 1.25. The number of hydrogen-bond acceptors (Lipinski definition) is 17. The molecule has 3 aromatic heterocycles. The fraction of sp³-hybridized carbons (Fsp3) is 0.393. The average Bonchev–Trinajstić information content (AvgIpc) is 3.89. The van der Waals surface area contributed by atoms with E-state index in [2.05, 4.69) is 45.4 Å². The van der Waals surface area contributed by atoms with Gasteiger partial charge in [0.15, 0.2) is 11.6 Å². The Kier molecular flexibility index (Phi) is 23.0. The molecule has 1 N–H and O–H groups in total.